The van der Waals surface area contributed by atoms with Gasteiger partial charge in [0.05, 0.1) is 23.8 Å². The van der Waals surface area contributed by atoms with Gasteiger partial charge in [-0.25, -0.2) is 0 Å². The second-order valence-corrected chi connectivity index (χ2v) is 7.53. The highest BCUT2D eigenvalue weighted by molar-refractivity contribution is 5.67. The maximum Gasteiger partial charge on any atom is 0.303 e. The summed E-state index contributed by atoms with van der Waals surface area (Å²) in [6, 6.07) is 12.7. The van der Waals surface area contributed by atoms with E-state index >= 15 is 0 Å². The van der Waals surface area contributed by atoms with E-state index in [1.54, 1.807) is 6.26 Å². The number of hydrogen-bond donors (Lipinski definition) is 2. The quantitative estimate of drug-likeness (QED) is 0.765. The van der Waals surface area contributed by atoms with E-state index in [0.29, 0.717) is 25.0 Å². The topological polar surface area (TPSA) is 74.7 Å². The molecule has 1 aliphatic carbocycles. The summed E-state index contributed by atoms with van der Waals surface area (Å²) >= 11 is 0. The number of carbonyl (C=O) groups is 1. The third kappa shape index (κ3) is 4.44. The molecule has 0 saturated heterocycles. The van der Waals surface area contributed by atoms with Crippen LogP contribution in [0.4, 0.5) is 5.69 Å². The van der Waals surface area contributed by atoms with Crippen molar-refractivity contribution in [2.45, 2.75) is 38.0 Å². The minimum Gasteiger partial charge on any atom is -0.481 e. The Morgan fingerprint density at radius 1 is 1.14 bits per heavy atom. The molecule has 2 aliphatic rings. The number of pyridine rings is 1. The Morgan fingerprint density at radius 3 is 2.54 bits per heavy atom. The Balaban J connectivity index is 1.35. The number of aliphatic carboxylic acids is 1. The molecule has 0 amide bonds. The molecular weight excluding hydrogens is 354 g/mol. The van der Waals surface area contributed by atoms with E-state index in [1.807, 2.05) is 29.5 Å². The molecule has 6 heteroatoms. The lowest BCUT2D eigenvalue weighted by Crippen LogP contribution is -2.22. The number of hydrazine groups is 1. The van der Waals surface area contributed by atoms with Gasteiger partial charge in [-0.2, -0.15) is 0 Å². The monoisotopic (exact) mass is 379 g/mol. The molecule has 2 aromatic rings. The Bertz CT molecular complexity index is 825. The first-order chi connectivity index (χ1) is 13.7. The third-order valence-corrected chi connectivity index (χ3v) is 5.57. The van der Waals surface area contributed by atoms with Gasteiger partial charge in [-0.15, -0.1) is 0 Å². The van der Waals surface area contributed by atoms with Gasteiger partial charge in [-0.1, -0.05) is 24.3 Å². The van der Waals surface area contributed by atoms with Crippen molar-refractivity contribution < 1.29 is 14.6 Å². The molecule has 1 saturated carbocycles. The molecule has 0 bridgehead atoms. The number of nitrogens with one attached hydrogen (secondary N) is 1. The highest BCUT2D eigenvalue weighted by atomic mass is 16.5. The van der Waals surface area contributed by atoms with Crippen molar-refractivity contribution in [2.75, 3.05) is 12.2 Å². The summed E-state index contributed by atoms with van der Waals surface area (Å²) in [5.74, 6) is 0.202. The van der Waals surface area contributed by atoms with Gasteiger partial charge in [0.25, 0.3) is 0 Å². The molecule has 0 atom stereocenters. The van der Waals surface area contributed by atoms with E-state index < -0.39 is 5.97 Å². The van der Waals surface area contributed by atoms with E-state index in [4.69, 9.17) is 9.84 Å². The number of rotatable bonds is 6. The summed E-state index contributed by atoms with van der Waals surface area (Å²) in [5.41, 5.74) is 7.50. The minimum absolute atomic E-state index is 0.309. The van der Waals surface area contributed by atoms with E-state index in [9.17, 15) is 4.79 Å². The third-order valence-electron chi connectivity index (χ3n) is 5.57. The second-order valence-electron chi connectivity index (χ2n) is 7.53. The van der Waals surface area contributed by atoms with Crippen molar-refractivity contribution in [3.63, 3.8) is 0 Å². The van der Waals surface area contributed by atoms with Crippen LogP contribution in [0.2, 0.25) is 0 Å². The summed E-state index contributed by atoms with van der Waals surface area (Å²) < 4.78 is 5.14. The van der Waals surface area contributed by atoms with Crippen molar-refractivity contribution in [1.29, 1.82) is 0 Å². The first-order valence-corrected chi connectivity index (χ1v) is 9.77. The maximum atomic E-state index is 10.9. The molecule has 2 heterocycles. The molecule has 1 aromatic heterocycles. The van der Waals surface area contributed by atoms with Crippen molar-refractivity contribution in [3.8, 4) is 11.3 Å². The van der Waals surface area contributed by atoms with Crippen LogP contribution in [0.5, 0.6) is 0 Å². The first kappa shape index (κ1) is 18.3. The largest absolute Gasteiger partial charge is 0.481 e. The van der Waals surface area contributed by atoms with Crippen molar-refractivity contribution in [3.05, 3.63) is 60.6 Å². The SMILES string of the molecule is O=C(O)CC1CCC(c2ccc(-c3ccc(NN4C=COC4)cn3)cc2)CC1. The average molecular weight is 379 g/mol. The number of aromatic nitrogens is 1. The van der Waals surface area contributed by atoms with Crippen LogP contribution in [0.25, 0.3) is 11.3 Å². The molecule has 146 valence electrons. The fraction of sp³-hybridized carbons (Fsp3) is 0.364. The number of carboxylic acid groups (broad SMARTS) is 1. The van der Waals surface area contributed by atoms with Gasteiger partial charge in [-0.05, 0) is 55.2 Å². The number of nitrogens with zero attached hydrogens (tertiary/aromatic N) is 2. The van der Waals surface area contributed by atoms with Gasteiger partial charge in [0, 0.05) is 12.0 Å². The summed E-state index contributed by atoms with van der Waals surface area (Å²) in [6.45, 7) is 0.488. The standard InChI is InChI=1S/C22H25N3O3/c26-22(27)13-16-1-3-17(4-2-16)18-5-7-19(8-6-18)21-10-9-20(14-23-21)24-25-11-12-28-15-25/h5-12,14,16-17,24H,1-4,13,15H2,(H,26,27). The zero-order chi connectivity index (χ0) is 19.3. The van der Waals surface area contributed by atoms with Gasteiger partial charge in [0.2, 0.25) is 0 Å². The Labute approximate surface area is 164 Å². The van der Waals surface area contributed by atoms with Crippen LogP contribution < -0.4 is 5.43 Å². The number of hydrogen-bond acceptors (Lipinski definition) is 5. The van der Waals surface area contributed by atoms with E-state index in [-0.39, 0.29) is 0 Å². The molecular formula is C22H25N3O3. The van der Waals surface area contributed by atoms with Crippen LogP contribution in [0.1, 0.15) is 43.6 Å². The van der Waals surface area contributed by atoms with Gasteiger partial charge >= 0.3 is 5.97 Å². The summed E-state index contributed by atoms with van der Waals surface area (Å²) in [5, 5.41) is 10.8. The average Bonchev–Trinajstić information content (AvgIpc) is 3.22. The van der Waals surface area contributed by atoms with Gasteiger partial charge in [-0.3, -0.25) is 20.2 Å². The van der Waals surface area contributed by atoms with Crippen molar-refractivity contribution in [1.82, 2.24) is 9.99 Å². The molecule has 28 heavy (non-hydrogen) atoms. The van der Waals surface area contributed by atoms with E-state index in [1.165, 1.54) is 5.56 Å². The number of benzene rings is 1. The molecule has 1 aliphatic heterocycles. The lowest BCUT2D eigenvalue weighted by Gasteiger charge is -2.28. The summed E-state index contributed by atoms with van der Waals surface area (Å²) in [7, 11) is 0. The Kier molecular flexibility index (Phi) is 5.46. The lowest BCUT2D eigenvalue weighted by molar-refractivity contribution is -0.138. The first-order valence-electron chi connectivity index (χ1n) is 9.77. The molecule has 2 N–H and O–H groups in total. The summed E-state index contributed by atoms with van der Waals surface area (Å²) in [4.78, 5) is 15.4. The van der Waals surface area contributed by atoms with Crippen LogP contribution in [-0.2, 0) is 9.53 Å². The number of carboxylic acids is 1. The van der Waals surface area contributed by atoms with Gasteiger partial charge in [0.1, 0.15) is 6.26 Å². The molecule has 6 nitrogen and oxygen atoms in total. The second kappa shape index (κ2) is 8.33. The zero-order valence-electron chi connectivity index (χ0n) is 15.8. The predicted molar refractivity (Wildman–Crippen MR) is 107 cm³/mol. The fourth-order valence-corrected chi connectivity index (χ4v) is 4.02. The molecule has 1 aromatic carbocycles. The Hall–Kier alpha value is -3.02. The molecule has 4 rings (SSSR count). The predicted octanol–water partition coefficient (Wildman–Crippen LogP) is 4.58. The highest BCUT2D eigenvalue weighted by Gasteiger charge is 2.23. The van der Waals surface area contributed by atoms with E-state index in [2.05, 4.69) is 34.7 Å². The zero-order valence-corrected chi connectivity index (χ0v) is 15.8. The Morgan fingerprint density at radius 2 is 1.93 bits per heavy atom. The van der Waals surface area contributed by atoms with Gasteiger partial charge < -0.3 is 9.84 Å². The van der Waals surface area contributed by atoms with Crippen LogP contribution in [0.15, 0.2) is 55.1 Å². The smallest absolute Gasteiger partial charge is 0.303 e. The maximum absolute atomic E-state index is 10.9. The van der Waals surface area contributed by atoms with Crippen LogP contribution in [-0.4, -0.2) is 27.8 Å². The van der Waals surface area contributed by atoms with Crippen LogP contribution in [0.3, 0.4) is 0 Å². The minimum atomic E-state index is -0.674. The molecule has 0 spiro atoms. The molecule has 0 unspecified atom stereocenters. The number of ether oxygens (including phenoxy) is 1. The van der Waals surface area contributed by atoms with Crippen LogP contribution >= 0.6 is 0 Å². The van der Waals surface area contributed by atoms with Crippen molar-refractivity contribution >= 4 is 11.7 Å². The summed E-state index contributed by atoms with van der Waals surface area (Å²) in [6.07, 6.45) is 9.77. The highest BCUT2D eigenvalue weighted by Crippen LogP contribution is 2.37. The number of anilines is 1. The molecule has 1 fully saturated rings. The van der Waals surface area contributed by atoms with Crippen molar-refractivity contribution in [2.24, 2.45) is 5.92 Å². The van der Waals surface area contributed by atoms with Crippen LogP contribution in [0, 0.1) is 5.92 Å². The molecule has 0 radical (unpaired) electrons. The van der Waals surface area contributed by atoms with E-state index in [0.717, 1.165) is 42.6 Å². The fourth-order valence-electron chi connectivity index (χ4n) is 4.02. The lowest BCUT2D eigenvalue weighted by atomic mass is 9.77. The normalized spacial score (nSPS) is 21.4. The van der Waals surface area contributed by atoms with Gasteiger partial charge in [0.15, 0.2) is 6.73 Å².